The normalized spacial score (nSPS) is 39.6. The standard InChI is InChI=1S/C15H30N4/c1-15(13-4-5-13)12-19(7-6-16-15)11-14-10-17(2)8-9-18(14)3/h13-14,16H,4-12H2,1-3H3. The summed E-state index contributed by atoms with van der Waals surface area (Å²) in [6.07, 6.45) is 2.87. The van der Waals surface area contributed by atoms with Crippen LogP contribution in [0, 0.1) is 5.92 Å². The summed E-state index contributed by atoms with van der Waals surface area (Å²) in [5, 5.41) is 3.78. The topological polar surface area (TPSA) is 21.8 Å². The third kappa shape index (κ3) is 3.13. The second kappa shape index (κ2) is 5.32. The van der Waals surface area contributed by atoms with Gasteiger partial charge in [-0.15, -0.1) is 0 Å². The summed E-state index contributed by atoms with van der Waals surface area (Å²) in [5.41, 5.74) is 0.386. The Morgan fingerprint density at radius 3 is 2.68 bits per heavy atom. The molecule has 4 nitrogen and oxygen atoms in total. The number of piperazine rings is 2. The van der Waals surface area contributed by atoms with Crippen molar-refractivity contribution in [3.05, 3.63) is 0 Å². The summed E-state index contributed by atoms with van der Waals surface area (Å²) in [6.45, 7) is 11.0. The number of likely N-dealkylation sites (N-methyl/N-ethyl adjacent to an activating group) is 2. The largest absolute Gasteiger partial charge is 0.309 e. The Morgan fingerprint density at radius 2 is 1.95 bits per heavy atom. The average molecular weight is 266 g/mol. The van der Waals surface area contributed by atoms with Crippen LogP contribution in [-0.2, 0) is 0 Å². The first-order chi connectivity index (χ1) is 9.07. The van der Waals surface area contributed by atoms with E-state index < -0.39 is 0 Å². The lowest BCUT2D eigenvalue weighted by Crippen LogP contribution is -2.63. The zero-order valence-corrected chi connectivity index (χ0v) is 12.9. The van der Waals surface area contributed by atoms with Gasteiger partial charge in [-0.05, 0) is 39.8 Å². The molecular weight excluding hydrogens is 236 g/mol. The first kappa shape index (κ1) is 13.8. The number of hydrogen-bond acceptors (Lipinski definition) is 4. The maximum absolute atomic E-state index is 3.78. The molecule has 1 aliphatic carbocycles. The number of nitrogens with zero attached hydrogens (tertiary/aromatic N) is 3. The lowest BCUT2D eigenvalue weighted by molar-refractivity contribution is 0.0553. The molecular formula is C15H30N4. The van der Waals surface area contributed by atoms with Crippen molar-refractivity contribution in [3.63, 3.8) is 0 Å². The van der Waals surface area contributed by atoms with Gasteiger partial charge in [0.05, 0.1) is 0 Å². The Balaban J connectivity index is 1.56. The van der Waals surface area contributed by atoms with Crippen LogP contribution < -0.4 is 5.32 Å². The molecule has 0 radical (unpaired) electrons. The lowest BCUT2D eigenvalue weighted by atomic mass is 9.92. The Labute approximate surface area is 118 Å². The van der Waals surface area contributed by atoms with E-state index in [-0.39, 0.29) is 0 Å². The fourth-order valence-corrected chi connectivity index (χ4v) is 3.85. The Bertz CT molecular complexity index is 317. The van der Waals surface area contributed by atoms with Gasteiger partial charge in [0, 0.05) is 57.4 Å². The highest BCUT2D eigenvalue weighted by Crippen LogP contribution is 2.40. The molecule has 1 saturated carbocycles. The van der Waals surface area contributed by atoms with E-state index >= 15 is 0 Å². The van der Waals surface area contributed by atoms with E-state index in [9.17, 15) is 0 Å². The molecule has 110 valence electrons. The van der Waals surface area contributed by atoms with Gasteiger partial charge in [0.1, 0.15) is 0 Å². The molecule has 4 heteroatoms. The van der Waals surface area contributed by atoms with Crippen LogP contribution in [-0.4, -0.2) is 86.2 Å². The van der Waals surface area contributed by atoms with E-state index in [0.29, 0.717) is 11.6 Å². The molecule has 1 N–H and O–H groups in total. The van der Waals surface area contributed by atoms with Crippen molar-refractivity contribution in [2.75, 3.05) is 59.9 Å². The maximum Gasteiger partial charge on any atom is 0.0347 e. The van der Waals surface area contributed by atoms with Crippen molar-refractivity contribution in [2.24, 2.45) is 5.92 Å². The van der Waals surface area contributed by atoms with Crippen LogP contribution in [0.25, 0.3) is 0 Å². The lowest BCUT2D eigenvalue weighted by Gasteiger charge is -2.46. The Kier molecular flexibility index (Phi) is 3.87. The van der Waals surface area contributed by atoms with Crippen molar-refractivity contribution in [2.45, 2.75) is 31.3 Å². The fraction of sp³-hybridized carbons (Fsp3) is 1.00. The molecule has 2 saturated heterocycles. The predicted molar refractivity (Wildman–Crippen MR) is 79.5 cm³/mol. The van der Waals surface area contributed by atoms with Crippen molar-refractivity contribution < 1.29 is 0 Å². The maximum atomic E-state index is 3.78. The van der Waals surface area contributed by atoms with Gasteiger partial charge in [-0.1, -0.05) is 0 Å². The highest BCUT2D eigenvalue weighted by atomic mass is 15.3. The van der Waals surface area contributed by atoms with Crippen LogP contribution in [0.1, 0.15) is 19.8 Å². The molecule has 2 aliphatic heterocycles. The van der Waals surface area contributed by atoms with Crippen molar-refractivity contribution in [1.29, 1.82) is 0 Å². The van der Waals surface area contributed by atoms with E-state index in [1.54, 1.807) is 0 Å². The molecule has 0 amide bonds. The van der Waals surface area contributed by atoms with Gasteiger partial charge < -0.3 is 10.2 Å². The molecule has 0 aromatic heterocycles. The second-order valence-corrected chi connectivity index (χ2v) is 7.25. The molecule has 2 atom stereocenters. The van der Waals surface area contributed by atoms with E-state index in [0.717, 1.165) is 5.92 Å². The molecule has 0 aromatic carbocycles. The smallest absolute Gasteiger partial charge is 0.0347 e. The second-order valence-electron chi connectivity index (χ2n) is 7.25. The van der Waals surface area contributed by atoms with Crippen LogP contribution in [0.15, 0.2) is 0 Å². The molecule has 2 unspecified atom stereocenters. The third-order valence-corrected chi connectivity index (χ3v) is 5.44. The van der Waals surface area contributed by atoms with Crippen LogP contribution in [0.2, 0.25) is 0 Å². The summed E-state index contributed by atoms with van der Waals surface area (Å²) in [4.78, 5) is 7.73. The number of hydrogen-bond donors (Lipinski definition) is 1. The molecule has 0 aromatic rings. The van der Waals surface area contributed by atoms with Gasteiger partial charge in [-0.25, -0.2) is 0 Å². The summed E-state index contributed by atoms with van der Waals surface area (Å²) in [7, 11) is 4.55. The molecule has 3 fully saturated rings. The predicted octanol–water partition coefficient (Wildman–Crippen LogP) is 0.306. The molecule has 2 heterocycles. The number of rotatable bonds is 3. The summed E-state index contributed by atoms with van der Waals surface area (Å²) in [5.74, 6) is 0.932. The van der Waals surface area contributed by atoms with Gasteiger partial charge >= 0.3 is 0 Å². The quantitative estimate of drug-likeness (QED) is 0.793. The summed E-state index contributed by atoms with van der Waals surface area (Å²) in [6, 6.07) is 0.709. The fourth-order valence-electron chi connectivity index (χ4n) is 3.85. The van der Waals surface area contributed by atoms with Crippen molar-refractivity contribution >= 4 is 0 Å². The van der Waals surface area contributed by atoms with Gasteiger partial charge in [0.2, 0.25) is 0 Å². The molecule has 3 rings (SSSR count). The van der Waals surface area contributed by atoms with Crippen molar-refractivity contribution in [1.82, 2.24) is 20.0 Å². The van der Waals surface area contributed by atoms with Gasteiger partial charge in [-0.3, -0.25) is 9.80 Å². The Hall–Kier alpha value is -0.160. The zero-order valence-electron chi connectivity index (χ0n) is 12.9. The molecule has 19 heavy (non-hydrogen) atoms. The van der Waals surface area contributed by atoms with Crippen molar-refractivity contribution in [3.8, 4) is 0 Å². The first-order valence-corrected chi connectivity index (χ1v) is 7.93. The monoisotopic (exact) mass is 266 g/mol. The minimum Gasteiger partial charge on any atom is -0.309 e. The summed E-state index contributed by atoms with van der Waals surface area (Å²) >= 11 is 0. The zero-order chi connectivity index (χ0) is 13.5. The van der Waals surface area contributed by atoms with E-state index in [2.05, 4.69) is 41.0 Å². The Morgan fingerprint density at radius 1 is 1.16 bits per heavy atom. The number of nitrogens with one attached hydrogen (secondary N) is 1. The minimum atomic E-state index is 0.386. The van der Waals surface area contributed by atoms with Gasteiger partial charge in [0.25, 0.3) is 0 Å². The van der Waals surface area contributed by atoms with Crippen LogP contribution >= 0.6 is 0 Å². The highest BCUT2D eigenvalue weighted by Gasteiger charge is 2.44. The third-order valence-electron chi connectivity index (χ3n) is 5.44. The van der Waals surface area contributed by atoms with Gasteiger partial charge in [0.15, 0.2) is 0 Å². The molecule has 0 bridgehead atoms. The van der Waals surface area contributed by atoms with E-state index in [1.165, 1.54) is 58.7 Å². The van der Waals surface area contributed by atoms with E-state index in [4.69, 9.17) is 0 Å². The highest BCUT2D eigenvalue weighted by molar-refractivity contribution is 5.02. The van der Waals surface area contributed by atoms with Crippen LogP contribution in [0.3, 0.4) is 0 Å². The van der Waals surface area contributed by atoms with E-state index in [1.807, 2.05) is 0 Å². The first-order valence-electron chi connectivity index (χ1n) is 7.93. The SMILES string of the molecule is CN1CCN(C)C(CN2CCNC(C)(C3CC3)C2)C1. The van der Waals surface area contributed by atoms with Crippen LogP contribution in [0.5, 0.6) is 0 Å². The van der Waals surface area contributed by atoms with Crippen LogP contribution in [0.4, 0.5) is 0 Å². The minimum absolute atomic E-state index is 0.386. The molecule has 0 spiro atoms. The molecule has 3 aliphatic rings. The van der Waals surface area contributed by atoms with Gasteiger partial charge in [-0.2, -0.15) is 0 Å². The average Bonchev–Trinajstić information content (AvgIpc) is 3.18. The summed E-state index contributed by atoms with van der Waals surface area (Å²) < 4.78 is 0.